The molecule has 0 radical (unpaired) electrons. The smallest absolute Gasteiger partial charge is 0.472 e. The van der Waals surface area contributed by atoms with Crippen LogP contribution in [-0.4, -0.2) is 60.5 Å². The van der Waals surface area contributed by atoms with Crippen LogP contribution in [0.15, 0.2) is 24.3 Å². The normalized spacial score (nSPS) is 14.0. The van der Waals surface area contributed by atoms with Gasteiger partial charge in [0.1, 0.15) is 12.1 Å². The summed E-state index contributed by atoms with van der Waals surface area (Å²) < 4.78 is 33.5. The highest BCUT2D eigenvalue weighted by molar-refractivity contribution is 7.47. The van der Waals surface area contributed by atoms with Crippen LogP contribution in [0.5, 0.6) is 0 Å². The van der Waals surface area contributed by atoms with Crippen LogP contribution in [-0.2, 0) is 32.7 Å². The number of nitrogens with two attached hydrogens (primary N) is 1. The predicted octanol–water partition coefficient (Wildman–Crippen LogP) is 13.9. The van der Waals surface area contributed by atoms with E-state index in [1.807, 2.05) is 0 Å². The number of ether oxygens (including phenoxy) is 2. The molecule has 0 spiro atoms. The number of aliphatic carboxylic acids is 1. The van der Waals surface area contributed by atoms with E-state index in [9.17, 15) is 19.0 Å². The predicted molar refractivity (Wildman–Crippen MR) is 245 cm³/mol. The third-order valence-electron chi connectivity index (χ3n) is 10.7. The van der Waals surface area contributed by atoms with E-state index in [1.54, 1.807) is 0 Å². The van der Waals surface area contributed by atoms with E-state index in [0.717, 1.165) is 44.9 Å². The van der Waals surface area contributed by atoms with E-state index in [0.29, 0.717) is 13.0 Å². The third kappa shape index (κ3) is 44.3. The Kier molecular flexibility index (Phi) is 43.3. The van der Waals surface area contributed by atoms with Crippen molar-refractivity contribution in [2.45, 2.75) is 244 Å². The molecule has 0 aliphatic rings. The van der Waals surface area contributed by atoms with Gasteiger partial charge in [-0.1, -0.05) is 186 Å². The van der Waals surface area contributed by atoms with Gasteiger partial charge in [-0.25, -0.2) is 4.57 Å². The van der Waals surface area contributed by atoms with Gasteiger partial charge in [-0.15, -0.1) is 0 Å². The van der Waals surface area contributed by atoms with Crippen LogP contribution < -0.4 is 5.73 Å². The van der Waals surface area contributed by atoms with Crippen molar-refractivity contribution in [2.75, 3.05) is 26.4 Å². The van der Waals surface area contributed by atoms with Crippen molar-refractivity contribution in [3.8, 4) is 0 Å². The van der Waals surface area contributed by atoms with Crippen LogP contribution in [0.3, 0.4) is 0 Å². The van der Waals surface area contributed by atoms with Crippen LogP contribution in [0.4, 0.5) is 0 Å². The first-order valence-corrected chi connectivity index (χ1v) is 25.9. The number of carbonyl (C=O) groups excluding carboxylic acids is 1. The Morgan fingerprint density at radius 3 is 1.29 bits per heavy atom. The van der Waals surface area contributed by atoms with Crippen molar-refractivity contribution >= 4 is 19.8 Å². The summed E-state index contributed by atoms with van der Waals surface area (Å²) in [5, 5.41) is 8.92. The third-order valence-corrected chi connectivity index (χ3v) is 11.7. The summed E-state index contributed by atoms with van der Waals surface area (Å²) >= 11 is 0. The number of hydrogen-bond donors (Lipinski definition) is 3. The molecule has 10 nitrogen and oxygen atoms in total. The molecule has 59 heavy (non-hydrogen) atoms. The monoisotopic (exact) mass is 858 g/mol. The van der Waals surface area contributed by atoms with Crippen LogP contribution in [0.25, 0.3) is 0 Å². The van der Waals surface area contributed by atoms with Gasteiger partial charge in [-0.2, -0.15) is 0 Å². The SMILES string of the molecule is CCCCCCCCC/C=C\CCCCCCCCCCOCC(COP(=O)(O)OCC(N)C(=O)O)OC(=O)CCCCCCCCC/C=C\CCCCCCCCC. The Hall–Kier alpha value is -1.55. The molecule has 3 unspecified atom stereocenters. The number of esters is 1. The molecule has 3 atom stereocenters. The number of carbonyl (C=O) groups is 2. The second kappa shape index (κ2) is 44.5. The summed E-state index contributed by atoms with van der Waals surface area (Å²) in [4.78, 5) is 33.6. The zero-order valence-corrected chi connectivity index (χ0v) is 39.0. The number of carboxylic acid groups (broad SMARTS) is 1. The molecule has 0 fully saturated rings. The van der Waals surface area contributed by atoms with Crippen molar-refractivity contribution < 1.29 is 42.7 Å². The lowest BCUT2D eigenvalue weighted by Crippen LogP contribution is -2.34. The molecule has 0 aliphatic carbocycles. The van der Waals surface area contributed by atoms with Crippen LogP contribution in [0.1, 0.15) is 232 Å². The quantitative estimate of drug-likeness (QED) is 0.0233. The lowest BCUT2D eigenvalue weighted by Gasteiger charge is -2.20. The minimum absolute atomic E-state index is 0.0161. The van der Waals surface area contributed by atoms with E-state index in [1.165, 1.54) is 161 Å². The summed E-state index contributed by atoms with van der Waals surface area (Å²) in [6.45, 7) is 3.90. The van der Waals surface area contributed by atoms with Gasteiger partial charge in [0.25, 0.3) is 0 Å². The van der Waals surface area contributed by atoms with Gasteiger partial charge in [0.15, 0.2) is 0 Å². The molecule has 0 saturated heterocycles. The first-order valence-electron chi connectivity index (χ1n) is 24.4. The molecule has 11 heteroatoms. The number of hydrogen-bond acceptors (Lipinski definition) is 8. The number of unbranched alkanes of at least 4 members (excludes halogenated alkanes) is 29. The van der Waals surface area contributed by atoms with E-state index < -0.39 is 45.1 Å². The average Bonchev–Trinajstić information content (AvgIpc) is 3.21. The van der Waals surface area contributed by atoms with Gasteiger partial charge in [0.05, 0.1) is 19.8 Å². The molecular weight excluding hydrogens is 765 g/mol. The van der Waals surface area contributed by atoms with Gasteiger partial charge in [-0.3, -0.25) is 18.6 Å². The lowest BCUT2D eigenvalue weighted by atomic mass is 10.1. The Labute approximate surface area is 362 Å². The van der Waals surface area contributed by atoms with E-state index in [2.05, 4.69) is 38.2 Å². The Balaban J connectivity index is 4.17. The molecule has 0 heterocycles. The second-order valence-corrected chi connectivity index (χ2v) is 18.0. The maximum atomic E-state index is 12.7. The molecule has 0 aromatic heterocycles. The molecule has 348 valence electrons. The van der Waals surface area contributed by atoms with Gasteiger partial charge in [-0.05, 0) is 64.2 Å². The second-order valence-electron chi connectivity index (χ2n) is 16.6. The highest BCUT2D eigenvalue weighted by atomic mass is 31.2. The Morgan fingerprint density at radius 1 is 0.525 bits per heavy atom. The van der Waals surface area contributed by atoms with Crippen molar-refractivity contribution in [1.29, 1.82) is 0 Å². The molecule has 0 bridgehead atoms. The lowest BCUT2D eigenvalue weighted by molar-refractivity contribution is -0.154. The summed E-state index contributed by atoms with van der Waals surface area (Å²) in [6, 6.07) is -1.47. The summed E-state index contributed by atoms with van der Waals surface area (Å²) in [6.07, 6.45) is 49.4. The van der Waals surface area contributed by atoms with Crippen molar-refractivity contribution in [3.63, 3.8) is 0 Å². The Bertz CT molecular complexity index is 1040. The molecule has 4 N–H and O–H groups in total. The van der Waals surface area contributed by atoms with Crippen LogP contribution in [0.2, 0.25) is 0 Å². The van der Waals surface area contributed by atoms with Crippen LogP contribution in [0, 0.1) is 0 Å². The maximum absolute atomic E-state index is 12.7. The topological polar surface area (TPSA) is 155 Å². The average molecular weight is 858 g/mol. The minimum atomic E-state index is -4.62. The van der Waals surface area contributed by atoms with Crippen molar-refractivity contribution in [2.24, 2.45) is 5.73 Å². The largest absolute Gasteiger partial charge is 0.480 e. The maximum Gasteiger partial charge on any atom is 0.472 e. The highest BCUT2D eigenvalue weighted by Crippen LogP contribution is 2.43. The first-order chi connectivity index (χ1) is 28.7. The summed E-state index contributed by atoms with van der Waals surface area (Å²) in [7, 11) is -4.62. The summed E-state index contributed by atoms with van der Waals surface area (Å²) in [5.41, 5.74) is 5.37. The number of allylic oxidation sites excluding steroid dienone is 4. The van der Waals surface area contributed by atoms with Crippen molar-refractivity contribution in [3.05, 3.63) is 24.3 Å². The fraction of sp³-hybridized carbons (Fsp3) is 0.875. The van der Waals surface area contributed by atoms with E-state index in [-0.39, 0.29) is 13.0 Å². The van der Waals surface area contributed by atoms with Gasteiger partial charge >= 0.3 is 19.8 Å². The Morgan fingerprint density at radius 2 is 0.881 bits per heavy atom. The zero-order chi connectivity index (χ0) is 43.3. The summed E-state index contributed by atoms with van der Waals surface area (Å²) in [5.74, 6) is -1.78. The van der Waals surface area contributed by atoms with Gasteiger partial charge in [0, 0.05) is 13.0 Å². The molecule has 0 aromatic rings. The standard InChI is InChI=1S/C48H92NO9P/c1-3-5-7-9-11-13-15-17-19-21-23-25-27-29-31-33-35-37-39-41-55-42-45(43-56-59(53,54)57-44-46(49)48(51)52)58-47(50)40-38-36-34-32-30-28-26-24-22-20-18-16-14-12-10-8-6-4-2/h19-22,45-46H,3-18,23-44,49H2,1-2H3,(H,51,52)(H,53,54)/b21-19-,22-20-. The minimum Gasteiger partial charge on any atom is -0.480 e. The molecule has 0 amide bonds. The first kappa shape index (κ1) is 57.4. The number of phosphoric acid groups is 1. The van der Waals surface area contributed by atoms with E-state index >= 15 is 0 Å². The molecule has 0 aliphatic heterocycles. The zero-order valence-electron chi connectivity index (χ0n) is 38.1. The number of rotatable bonds is 47. The highest BCUT2D eigenvalue weighted by Gasteiger charge is 2.27. The number of phosphoric ester groups is 1. The molecular formula is C48H92NO9P. The van der Waals surface area contributed by atoms with Gasteiger partial charge in [0.2, 0.25) is 0 Å². The van der Waals surface area contributed by atoms with E-state index in [4.69, 9.17) is 29.4 Å². The molecule has 0 saturated carbocycles. The fourth-order valence-electron chi connectivity index (χ4n) is 6.89. The van der Waals surface area contributed by atoms with Gasteiger partial charge < -0.3 is 25.2 Å². The number of carboxylic acids is 1. The fourth-order valence-corrected chi connectivity index (χ4v) is 7.67. The van der Waals surface area contributed by atoms with Crippen LogP contribution >= 0.6 is 7.82 Å². The molecule has 0 aromatic carbocycles. The molecule has 0 rings (SSSR count). The van der Waals surface area contributed by atoms with Crippen molar-refractivity contribution in [1.82, 2.24) is 0 Å².